The lowest BCUT2D eigenvalue weighted by molar-refractivity contribution is -0.137. The van der Waals surface area contributed by atoms with E-state index in [0.29, 0.717) is 6.42 Å². The van der Waals surface area contributed by atoms with Crippen LogP contribution in [0.3, 0.4) is 0 Å². The zero-order valence-corrected chi connectivity index (χ0v) is 8.77. The van der Waals surface area contributed by atoms with Crippen LogP contribution in [0.15, 0.2) is 0 Å². The average molecular weight is 218 g/mol. The number of rotatable bonds is 7. The first-order chi connectivity index (χ1) is 7.01. The van der Waals surface area contributed by atoms with Crippen molar-refractivity contribution in [2.24, 2.45) is 5.73 Å². The number of carbonyl (C=O) groups excluding carboxylic acids is 1. The van der Waals surface area contributed by atoms with Crippen LogP contribution in [0.2, 0.25) is 0 Å². The number of nitrogens with two attached hydrogens (primary N) is 1. The Bertz CT molecular complexity index is 216. The van der Waals surface area contributed by atoms with Crippen LogP contribution in [0.1, 0.15) is 26.2 Å². The maximum Gasteiger partial charge on any atom is 0.303 e. The molecular formula is C9H18N2O4. The topological polar surface area (TPSA) is 113 Å². The molecule has 5 N–H and O–H groups in total. The monoisotopic (exact) mass is 218 g/mol. The molecule has 0 rings (SSSR count). The summed E-state index contributed by atoms with van der Waals surface area (Å²) in [5, 5.41) is 19.7. The Hall–Kier alpha value is -1.14. The predicted octanol–water partition coefficient (Wildman–Crippen LogP) is -0.934. The van der Waals surface area contributed by atoms with Crippen molar-refractivity contribution < 1.29 is 19.8 Å². The van der Waals surface area contributed by atoms with Gasteiger partial charge in [-0.1, -0.05) is 6.92 Å². The van der Waals surface area contributed by atoms with Gasteiger partial charge < -0.3 is 21.3 Å². The lowest BCUT2D eigenvalue weighted by Gasteiger charge is -2.17. The van der Waals surface area contributed by atoms with Crippen molar-refractivity contribution in [3.05, 3.63) is 0 Å². The number of nitrogens with one attached hydrogen (secondary N) is 1. The number of carbonyl (C=O) groups is 2. The van der Waals surface area contributed by atoms with E-state index < -0.39 is 17.9 Å². The van der Waals surface area contributed by atoms with Gasteiger partial charge in [-0.05, 0) is 12.8 Å². The molecule has 0 saturated heterocycles. The SMILES string of the molecule is CC[C@H](CO)NC(=O)C(N)CCC(=O)O. The molecule has 0 spiro atoms. The van der Waals surface area contributed by atoms with Gasteiger partial charge >= 0.3 is 5.97 Å². The summed E-state index contributed by atoms with van der Waals surface area (Å²) in [4.78, 5) is 21.6. The molecule has 0 radical (unpaired) electrons. The summed E-state index contributed by atoms with van der Waals surface area (Å²) in [6, 6.07) is -1.14. The summed E-state index contributed by atoms with van der Waals surface area (Å²) < 4.78 is 0. The lowest BCUT2D eigenvalue weighted by Crippen LogP contribution is -2.46. The maximum absolute atomic E-state index is 11.3. The molecule has 0 heterocycles. The summed E-state index contributed by atoms with van der Waals surface area (Å²) in [6.07, 6.45) is 0.571. The van der Waals surface area contributed by atoms with Gasteiger partial charge in [0.05, 0.1) is 18.7 Å². The molecule has 0 fully saturated rings. The summed E-state index contributed by atoms with van der Waals surface area (Å²) in [5.41, 5.74) is 5.47. The fourth-order valence-corrected chi connectivity index (χ4v) is 0.995. The van der Waals surface area contributed by atoms with Gasteiger partial charge in [0.1, 0.15) is 0 Å². The number of hydrogen-bond donors (Lipinski definition) is 4. The maximum atomic E-state index is 11.3. The molecule has 1 amide bonds. The molecule has 0 aliphatic heterocycles. The molecule has 0 bridgehead atoms. The Morgan fingerprint density at radius 1 is 1.47 bits per heavy atom. The number of carboxylic acid groups (broad SMARTS) is 1. The largest absolute Gasteiger partial charge is 0.481 e. The smallest absolute Gasteiger partial charge is 0.303 e. The van der Waals surface area contributed by atoms with E-state index in [0.717, 1.165) is 0 Å². The molecule has 2 atom stereocenters. The van der Waals surface area contributed by atoms with Gasteiger partial charge in [-0.3, -0.25) is 9.59 Å². The highest BCUT2D eigenvalue weighted by molar-refractivity contribution is 5.82. The van der Waals surface area contributed by atoms with Gasteiger partial charge in [0.2, 0.25) is 5.91 Å². The number of aliphatic carboxylic acids is 1. The third-order valence-corrected chi connectivity index (χ3v) is 2.07. The van der Waals surface area contributed by atoms with Crippen LogP contribution in [0.25, 0.3) is 0 Å². The van der Waals surface area contributed by atoms with Crippen LogP contribution < -0.4 is 11.1 Å². The number of carboxylic acids is 1. The van der Waals surface area contributed by atoms with Crippen LogP contribution in [-0.2, 0) is 9.59 Å². The lowest BCUT2D eigenvalue weighted by atomic mass is 10.1. The minimum absolute atomic E-state index is 0.100. The van der Waals surface area contributed by atoms with Crippen molar-refractivity contribution in [2.45, 2.75) is 38.3 Å². The molecule has 6 heteroatoms. The summed E-state index contributed by atoms with van der Waals surface area (Å²) >= 11 is 0. The van der Waals surface area contributed by atoms with Crippen LogP contribution in [0, 0.1) is 0 Å². The van der Waals surface area contributed by atoms with E-state index in [9.17, 15) is 9.59 Å². The van der Waals surface area contributed by atoms with Gasteiger partial charge in [0, 0.05) is 6.42 Å². The van der Waals surface area contributed by atoms with Crippen molar-refractivity contribution in [3.8, 4) is 0 Å². The van der Waals surface area contributed by atoms with E-state index in [2.05, 4.69) is 5.32 Å². The second-order valence-corrected chi connectivity index (χ2v) is 3.34. The Labute approximate surface area is 88.5 Å². The quantitative estimate of drug-likeness (QED) is 0.441. The minimum atomic E-state index is -0.979. The first kappa shape index (κ1) is 13.9. The number of aliphatic hydroxyl groups excluding tert-OH is 1. The molecule has 1 unspecified atom stereocenters. The molecule has 0 aromatic rings. The zero-order chi connectivity index (χ0) is 11.8. The molecule has 0 saturated carbocycles. The predicted molar refractivity (Wildman–Crippen MR) is 54.2 cm³/mol. The average Bonchev–Trinajstić information content (AvgIpc) is 2.21. The fourth-order valence-electron chi connectivity index (χ4n) is 0.995. The Morgan fingerprint density at radius 2 is 2.07 bits per heavy atom. The van der Waals surface area contributed by atoms with Gasteiger partial charge in [-0.25, -0.2) is 0 Å². The summed E-state index contributed by atoms with van der Waals surface area (Å²) in [5.74, 6) is -1.40. The minimum Gasteiger partial charge on any atom is -0.481 e. The van der Waals surface area contributed by atoms with Gasteiger partial charge in [0.25, 0.3) is 0 Å². The summed E-state index contributed by atoms with van der Waals surface area (Å²) in [6.45, 7) is 1.68. The molecule has 0 aliphatic carbocycles. The van der Waals surface area contributed by atoms with Crippen LogP contribution in [0.4, 0.5) is 0 Å². The second-order valence-electron chi connectivity index (χ2n) is 3.34. The molecule has 0 aromatic heterocycles. The molecule has 15 heavy (non-hydrogen) atoms. The van der Waals surface area contributed by atoms with Crippen LogP contribution >= 0.6 is 0 Å². The van der Waals surface area contributed by atoms with Gasteiger partial charge in [0.15, 0.2) is 0 Å². The Balaban J connectivity index is 3.92. The first-order valence-corrected chi connectivity index (χ1v) is 4.89. The first-order valence-electron chi connectivity index (χ1n) is 4.89. The van der Waals surface area contributed by atoms with E-state index >= 15 is 0 Å². The third-order valence-electron chi connectivity index (χ3n) is 2.07. The van der Waals surface area contributed by atoms with Crippen molar-refractivity contribution in [1.29, 1.82) is 0 Å². The zero-order valence-electron chi connectivity index (χ0n) is 8.77. The number of hydrogen-bond acceptors (Lipinski definition) is 4. The highest BCUT2D eigenvalue weighted by Gasteiger charge is 2.17. The van der Waals surface area contributed by atoms with E-state index in [1.807, 2.05) is 6.92 Å². The van der Waals surface area contributed by atoms with Crippen molar-refractivity contribution in [3.63, 3.8) is 0 Å². The van der Waals surface area contributed by atoms with Crippen molar-refractivity contribution in [2.75, 3.05) is 6.61 Å². The molecule has 0 aliphatic rings. The van der Waals surface area contributed by atoms with E-state index in [1.165, 1.54) is 0 Å². The van der Waals surface area contributed by atoms with Crippen LogP contribution in [0.5, 0.6) is 0 Å². The second kappa shape index (κ2) is 7.19. The van der Waals surface area contributed by atoms with Crippen LogP contribution in [-0.4, -0.2) is 40.8 Å². The summed E-state index contributed by atoms with van der Waals surface area (Å²) in [7, 11) is 0. The standard InChI is InChI=1S/C9H18N2O4/c1-2-6(5-12)11-9(15)7(10)3-4-8(13)14/h6-7,12H,2-5,10H2,1H3,(H,11,15)(H,13,14)/t6-,7?/m1/s1. The molecule has 0 aromatic carbocycles. The van der Waals surface area contributed by atoms with Crippen molar-refractivity contribution in [1.82, 2.24) is 5.32 Å². The Kier molecular flexibility index (Phi) is 6.64. The van der Waals surface area contributed by atoms with E-state index in [1.54, 1.807) is 0 Å². The fraction of sp³-hybridized carbons (Fsp3) is 0.778. The van der Waals surface area contributed by atoms with E-state index in [4.69, 9.17) is 15.9 Å². The molecule has 6 nitrogen and oxygen atoms in total. The number of amides is 1. The van der Waals surface area contributed by atoms with E-state index in [-0.39, 0.29) is 25.5 Å². The third kappa shape index (κ3) is 6.03. The number of aliphatic hydroxyl groups is 1. The van der Waals surface area contributed by atoms with Gasteiger partial charge in [-0.15, -0.1) is 0 Å². The molecule has 88 valence electrons. The molecular weight excluding hydrogens is 200 g/mol. The normalized spacial score (nSPS) is 14.3. The Morgan fingerprint density at radius 3 is 2.47 bits per heavy atom. The highest BCUT2D eigenvalue weighted by Crippen LogP contribution is 1.97. The highest BCUT2D eigenvalue weighted by atomic mass is 16.4. The van der Waals surface area contributed by atoms with Crippen molar-refractivity contribution >= 4 is 11.9 Å². The van der Waals surface area contributed by atoms with Gasteiger partial charge in [-0.2, -0.15) is 0 Å².